The molecule has 0 spiro atoms. The van der Waals surface area contributed by atoms with Crippen LogP contribution in [0.2, 0.25) is 0 Å². The number of aliphatic hydroxyl groups is 1. The van der Waals surface area contributed by atoms with E-state index in [-0.39, 0.29) is 0 Å². The molecule has 0 amide bonds. The van der Waals surface area contributed by atoms with Gasteiger partial charge in [0.05, 0.1) is 6.10 Å². The summed E-state index contributed by atoms with van der Waals surface area (Å²) in [5.74, 6) is 0. The van der Waals surface area contributed by atoms with Gasteiger partial charge in [0.1, 0.15) is 0 Å². The number of rotatable bonds is 3. The van der Waals surface area contributed by atoms with Crippen molar-refractivity contribution in [2.45, 2.75) is 19.4 Å². The molecule has 0 aliphatic rings. The van der Waals surface area contributed by atoms with E-state index in [9.17, 15) is 5.11 Å². The van der Waals surface area contributed by atoms with Gasteiger partial charge in [0.15, 0.2) is 0 Å². The van der Waals surface area contributed by atoms with Crippen LogP contribution in [0.25, 0.3) is 0 Å². The van der Waals surface area contributed by atoms with Gasteiger partial charge in [-0.05, 0) is 18.1 Å². The molecule has 0 bridgehead atoms. The fourth-order valence-corrected chi connectivity index (χ4v) is 1.11. The quantitative estimate of drug-likeness (QED) is 0.697. The average molecular weight is 174 g/mol. The third-order valence-electron chi connectivity index (χ3n) is 2.05. The van der Waals surface area contributed by atoms with E-state index >= 15 is 0 Å². The standard InChI is InChI=1S/C12H14O/c1-3-10(2)12(13)9-11-7-5-4-6-8-11/h4-8,12-13H,1,9H2,2H3. The molecule has 0 heterocycles. The van der Waals surface area contributed by atoms with Crippen molar-refractivity contribution in [1.82, 2.24) is 0 Å². The first-order chi connectivity index (χ1) is 6.24. The molecule has 1 unspecified atom stereocenters. The van der Waals surface area contributed by atoms with Crippen LogP contribution in [0.15, 0.2) is 48.2 Å². The van der Waals surface area contributed by atoms with Crippen LogP contribution < -0.4 is 0 Å². The normalized spacial score (nSPS) is 11.8. The topological polar surface area (TPSA) is 20.2 Å². The maximum absolute atomic E-state index is 9.63. The zero-order valence-electron chi connectivity index (χ0n) is 7.83. The van der Waals surface area contributed by atoms with Crippen molar-refractivity contribution in [3.63, 3.8) is 0 Å². The average Bonchev–Trinajstić information content (AvgIpc) is 2.18. The first-order valence-electron chi connectivity index (χ1n) is 4.32. The van der Waals surface area contributed by atoms with Crippen molar-refractivity contribution < 1.29 is 5.11 Å². The Morgan fingerprint density at radius 3 is 2.62 bits per heavy atom. The molecule has 0 fully saturated rings. The summed E-state index contributed by atoms with van der Waals surface area (Å²) in [4.78, 5) is 0. The van der Waals surface area contributed by atoms with Crippen LogP contribution in [0.5, 0.6) is 0 Å². The largest absolute Gasteiger partial charge is 0.388 e. The van der Waals surface area contributed by atoms with Crippen molar-refractivity contribution in [2.24, 2.45) is 0 Å². The number of hydrogen-bond acceptors (Lipinski definition) is 1. The summed E-state index contributed by atoms with van der Waals surface area (Å²) in [5.41, 5.74) is 4.63. The molecule has 0 saturated heterocycles. The Kier molecular flexibility index (Phi) is 3.51. The van der Waals surface area contributed by atoms with Gasteiger partial charge in [-0.2, -0.15) is 0 Å². The van der Waals surface area contributed by atoms with E-state index in [2.05, 4.69) is 12.3 Å². The van der Waals surface area contributed by atoms with Crippen LogP contribution in [0, 0.1) is 0 Å². The van der Waals surface area contributed by atoms with Crippen LogP contribution in [0.4, 0.5) is 0 Å². The molecular formula is C12H14O. The Labute approximate surface area is 79.0 Å². The third kappa shape index (κ3) is 2.90. The highest BCUT2D eigenvalue weighted by molar-refractivity contribution is 5.18. The molecule has 0 radical (unpaired) electrons. The zero-order valence-corrected chi connectivity index (χ0v) is 7.83. The van der Waals surface area contributed by atoms with Gasteiger partial charge in [-0.15, -0.1) is 5.73 Å². The molecule has 1 nitrogen and oxygen atoms in total. The lowest BCUT2D eigenvalue weighted by molar-refractivity contribution is 0.211. The maximum Gasteiger partial charge on any atom is 0.0861 e. The molecule has 1 aromatic carbocycles. The summed E-state index contributed by atoms with van der Waals surface area (Å²) < 4.78 is 0. The lowest BCUT2D eigenvalue weighted by Crippen LogP contribution is -2.10. The Balaban J connectivity index is 2.65. The van der Waals surface area contributed by atoms with Gasteiger partial charge in [0, 0.05) is 6.42 Å². The number of hydrogen-bond donors (Lipinski definition) is 1. The SMILES string of the molecule is C=C=C(C)C(O)Cc1ccccc1. The Bertz CT molecular complexity index is 307. The molecule has 0 aromatic heterocycles. The minimum absolute atomic E-state index is 0.458. The van der Waals surface area contributed by atoms with Crippen LogP contribution in [0.3, 0.4) is 0 Å². The van der Waals surface area contributed by atoms with Gasteiger partial charge in [0.25, 0.3) is 0 Å². The van der Waals surface area contributed by atoms with Crippen molar-refractivity contribution in [3.05, 3.63) is 53.8 Å². The van der Waals surface area contributed by atoms with Crippen LogP contribution >= 0.6 is 0 Å². The fraction of sp³-hybridized carbons (Fsp3) is 0.250. The van der Waals surface area contributed by atoms with Gasteiger partial charge in [-0.3, -0.25) is 0 Å². The molecule has 0 aliphatic heterocycles. The van der Waals surface area contributed by atoms with E-state index in [0.717, 1.165) is 11.1 Å². The summed E-state index contributed by atoms with van der Waals surface area (Å²) in [7, 11) is 0. The number of benzene rings is 1. The molecule has 1 N–H and O–H groups in total. The van der Waals surface area contributed by atoms with Crippen molar-refractivity contribution in [3.8, 4) is 0 Å². The lowest BCUT2D eigenvalue weighted by atomic mass is 10.0. The van der Waals surface area contributed by atoms with E-state index in [4.69, 9.17) is 0 Å². The highest BCUT2D eigenvalue weighted by Gasteiger charge is 2.05. The van der Waals surface area contributed by atoms with Gasteiger partial charge >= 0.3 is 0 Å². The van der Waals surface area contributed by atoms with Crippen LogP contribution in [-0.2, 0) is 6.42 Å². The highest BCUT2D eigenvalue weighted by Crippen LogP contribution is 2.08. The molecule has 1 rings (SSSR count). The summed E-state index contributed by atoms with van der Waals surface area (Å²) in [6, 6.07) is 9.90. The molecule has 68 valence electrons. The second-order valence-electron chi connectivity index (χ2n) is 3.07. The van der Waals surface area contributed by atoms with E-state index < -0.39 is 6.10 Å². The predicted molar refractivity (Wildman–Crippen MR) is 54.5 cm³/mol. The second-order valence-corrected chi connectivity index (χ2v) is 3.07. The minimum atomic E-state index is -0.458. The molecule has 1 atom stereocenters. The lowest BCUT2D eigenvalue weighted by Gasteiger charge is -2.08. The summed E-state index contributed by atoms with van der Waals surface area (Å²) in [6.07, 6.45) is 0.176. The van der Waals surface area contributed by atoms with E-state index in [1.807, 2.05) is 37.3 Å². The Morgan fingerprint density at radius 1 is 1.46 bits per heavy atom. The number of aliphatic hydroxyl groups excluding tert-OH is 1. The van der Waals surface area contributed by atoms with E-state index in [1.165, 1.54) is 0 Å². The molecule has 13 heavy (non-hydrogen) atoms. The monoisotopic (exact) mass is 174 g/mol. The Morgan fingerprint density at radius 2 is 2.08 bits per heavy atom. The highest BCUT2D eigenvalue weighted by atomic mass is 16.3. The minimum Gasteiger partial charge on any atom is -0.388 e. The third-order valence-corrected chi connectivity index (χ3v) is 2.05. The molecule has 0 saturated carbocycles. The first kappa shape index (κ1) is 9.79. The molecule has 1 heteroatoms. The summed E-state index contributed by atoms with van der Waals surface area (Å²) in [5, 5.41) is 9.63. The van der Waals surface area contributed by atoms with E-state index in [1.54, 1.807) is 0 Å². The smallest absolute Gasteiger partial charge is 0.0861 e. The molecular weight excluding hydrogens is 160 g/mol. The van der Waals surface area contributed by atoms with Crippen molar-refractivity contribution >= 4 is 0 Å². The zero-order chi connectivity index (χ0) is 9.68. The van der Waals surface area contributed by atoms with Crippen molar-refractivity contribution in [2.75, 3.05) is 0 Å². The summed E-state index contributed by atoms with van der Waals surface area (Å²) in [6.45, 7) is 5.34. The summed E-state index contributed by atoms with van der Waals surface area (Å²) >= 11 is 0. The maximum atomic E-state index is 9.63. The van der Waals surface area contributed by atoms with Gasteiger partial charge in [-0.1, -0.05) is 36.9 Å². The van der Waals surface area contributed by atoms with Crippen molar-refractivity contribution in [1.29, 1.82) is 0 Å². The predicted octanol–water partition coefficient (Wildman–Crippen LogP) is 2.32. The van der Waals surface area contributed by atoms with Crippen LogP contribution in [0.1, 0.15) is 12.5 Å². The van der Waals surface area contributed by atoms with Crippen LogP contribution in [-0.4, -0.2) is 11.2 Å². The Hall–Kier alpha value is -1.30. The first-order valence-corrected chi connectivity index (χ1v) is 4.32. The van der Waals surface area contributed by atoms with Gasteiger partial charge < -0.3 is 5.11 Å². The van der Waals surface area contributed by atoms with E-state index in [0.29, 0.717) is 6.42 Å². The molecule has 1 aromatic rings. The van der Waals surface area contributed by atoms with Gasteiger partial charge in [-0.25, -0.2) is 0 Å². The van der Waals surface area contributed by atoms with Gasteiger partial charge in [0.2, 0.25) is 0 Å². The second kappa shape index (κ2) is 4.66. The fourth-order valence-electron chi connectivity index (χ4n) is 1.11. The molecule has 0 aliphatic carbocycles.